The highest BCUT2D eigenvalue weighted by Gasteiger charge is 2.11. The van der Waals surface area contributed by atoms with E-state index >= 15 is 0 Å². The van der Waals surface area contributed by atoms with Gasteiger partial charge in [-0.25, -0.2) is 14.8 Å². The lowest BCUT2D eigenvalue weighted by atomic mass is 10.1. The zero-order chi connectivity index (χ0) is 20.8. The maximum atomic E-state index is 12.5. The van der Waals surface area contributed by atoms with Crippen LogP contribution in [0.25, 0.3) is 0 Å². The van der Waals surface area contributed by atoms with Crippen molar-refractivity contribution in [3.63, 3.8) is 0 Å². The maximum absolute atomic E-state index is 12.5. The fraction of sp³-hybridized carbons (Fsp3) is 0.182. The fourth-order valence-electron chi connectivity index (χ4n) is 2.87. The minimum absolute atomic E-state index is 0.305. The number of aryl methyl sites for hydroxylation is 2. The number of hydrogen-bond donors (Lipinski definition) is 2. The number of para-hydroxylation sites is 1. The second-order valence-electron chi connectivity index (χ2n) is 6.41. The van der Waals surface area contributed by atoms with Gasteiger partial charge in [0.2, 0.25) is 5.95 Å². The lowest BCUT2D eigenvalue weighted by Crippen LogP contribution is -2.14. The Morgan fingerprint density at radius 2 is 1.76 bits per heavy atom. The van der Waals surface area contributed by atoms with Gasteiger partial charge in [-0.3, -0.25) is 4.79 Å². The SMILES string of the molecule is CCc1cccc(C)c1Nc1ncc(C(=O)Nc2cccc(C(=O)OC)c2)cn1. The first-order chi connectivity index (χ1) is 14.0. The van der Waals surface area contributed by atoms with Crippen molar-refractivity contribution < 1.29 is 14.3 Å². The highest BCUT2D eigenvalue weighted by Crippen LogP contribution is 2.23. The molecule has 29 heavy (non-hydrogen) atoms. The molecule has 0 atom stereocenters. The lowest BCUT2D eigenvalue weighted by Gasteiger charge is -2.13. The minimum Gasteiger partial charge on any atom is -0.465 e. The van der Waals surface area contributed by atoms with Gasteiger partial charge >= 0.3 is 5.97 Å². The molecular weight excluding hydrogens is 368 g/mol. The van der Waals surface area contributed by atoms with Crippen LogP contribution >= 0.6 is 0 Å². The summed E-state index contributed by atoms with van der Waals surface area (Å²) >= 11 is 0. The van der Waals surface area contributed by atoms with Crippen molar-refractivity contribution in [1.29, 1.82) is 0 Å². The largest absolute Gasteiger partial charge is 0.465 e. The Morgan fingerprint density at radius 1 is 1.03 bits per heavy atom. The average molecular weight is 390 g/mol. The van der Waals surface area contributed by atoms with Gasteiger partial charge in [0.15, 0.2) is 0 Å². The van der Waals surface area contributed by atoms with Crippen LogP contribution in [-0.2, 0) is 11.2 Å². The third-order valence-electron chi connectivity index (χ3n) is 4.43. The molecule has 148 valence electrons. The van der Waals surface area contributed by atoms with E-state index in [-0.39, 0.29) is 5.91 Å². The van der Waals surface area contributed by atoms with E-state index < -0.39 is 5.97 Å². The number of carbonyl (C=O) groups excluding carboxylic acids is 2. The van der Waals surface area contributed by atoms with Crippen molar-refractivity contribution >= 4 is 29.2 Å². The van der Waals surface area contributed by atoms with Gasteiger partial charge in [0.1, 0.15) is 0 Å². The van der Waals surface area contributed by atoms with Crippen LogP contribution < -0.4 is 10.6 Å². The van der Waals surface area contributed by atoms with E-state index in [1.54, 1.807) is 24.3 Å². The smallest absolute Gasteiger partial charge is 0.337 e. The second-order valence-corrected chi connectivity index (χ2v) is 6.41. The first kappa shape index (κ1) is 20.0. The van der Waals surface area contributed by atoms with Gasteiger partial charge in [-0.15, -0.1) is 0 Å². The van der Waals surface area contributed by atoms with Gasteiger partial charge in [-0.05, 0) is 42.7 Å². The molecule has 0 bridgehead atoms. The number of hydrogen-bond acceptors (Lipinski definition) is 6. The summed E-state index contributed by atoms with van der Waals surface area (Å²) in [5, 5.41) is 5.96. The summed E-state index contributed by atoms with van der Waals surface area (Å²) in [6.07, 6.45) is 3.80. The van der Waals surface area contributed by atoms with Crippen LogP contribution in [0.4, 0.5) is 17.3 Å². The fourth-order valence-corrected chi connectivity index (χ4v) is 2.87. The Balaban J connectivity index is 1.72. The third-order valence-corrected chi connectivity index (χ3v) is 4.43. The monoisotopic (exact) mass is 390 g/mol. The summed E-state index contributed by atoms with van der Waals surface area (Å²) in [6.45, 7) is 4.11. The van der Waals surface area contributed by atoms with E-state index in [2.05, 4.69) is 38.3 Å². The summed E-state index contributed by atoms with van der Waals surface area (Å²) in [6, 6.07) is 12.6. The van der Waals surface area contributed by atoms with Crippen LogP contribution in [0.2, 0.25) is 0 Å². The van der Waals surface area contributed by atoms with Crippen molar-refractivity contribution in [2.24, 2.45) is 0 Å². The van der Waals surface area contributed by atoms with Gasteiger partial charge in [0.25, 0.3) is 5.91 Å². The van der Waals surface area contributed by atoms with Crippen LogP contribution in [0.3, 0.4) is 0 Å². The molecule has 1 amide bonds. The molecule has 0 fully saturated rings. The van der Waals surface area contributed by atoms with E-state index in [1.807, 2.05) is 19.1 Å². The van der Waals surface area contributed by atoms with Crippen molar-refractivity contribution in [3.05, 3.63) is 77.1 Å². The predicted molar refractivity (Wildman–Crippen MR) is 112 cm³/mol. The second kappa shape index (κ2) is 8.97. The molecular formula is C22H22N4O3. The van der Waals surface area contributed by atoms with Gasteiger partial charge in [0.05, 0.1) is 18.2 Å². The normalized spacial score (nSPS) is 10.3. The Labute approximate surface area is 169 Å². The van der Waals surface area contributed by atoms with E-state index in [9.17, 15) is 9.59 Å². The maximum Gasteiger partial charge on any atom is 0.337 e. The molecule has 2 aromatic carbocycles. The molecule has 0 aliphatic carbocycles. The number of amides is 1. The molecule has 3 rings (SSSR count). The molecule has 1 aromatic heterocycles. The zero-order valence-electron chi connectivity index (χ0n) is 16.5. The lowest BCUT2D eigenvalue weighted by molar-refractivity contribution is 0.0600. The van der Waals surface area contributed by atoms with Crippen molar-refractivity contribution in [1.82, 2.24) is 9.97 Å². The summed E-state index contributed by atoms with van der Waals surface area (Å²) in [5.41, 5.74) is 4.38. The van der Waals surface area contributed by atoms with E-state index in [0.29, 0.717) is 22.8 Å². The topological polar surface area (TPSA) is 93.2 Å². The van der Waals surface area contributed by atoms with Gasteiger partial charge in [-0.2, -0.15) is 0 Å². The van der Waals surface area contributed by atoms with E-state index in [1.165, 1.54) is 25.1 Å². The molecule has 1 heterocycles. The molecule has 7 nitrogen and oxygen atoms in total. The van der Waals surface area contributed by atoms with E-state index in [0.717, 1.165) is 17.7 Å². The summed E-state index contributed by atoms with van der Waals surface area (Å²) in [7, 11) is 1.31. The standard InChI is InChI=1S/C22H22N4O3/c1-4-15-8-5-7-14(2)19(15)26-22-23-12-17(13-24-22)20(27)25-18-10-6-9-16(11-18)21(28)29-3/h5-13H,4H2,1-3H3,(H,25,27)(H,23,24,26). The predicted octanol–water partition coefficient (Wildman–Crippen LogP) is 4.13. The number of aromatic nitrogens is 2. The Kier molecular flexibility index (Phi) is 6.19. The van der Waals surface area contributed by atoms with Crippen LogP contribution in [0, 0.1) is 6.92 Å². The molecule has 0 saturated carbocycles. The molecule has 0 radical (unpaired) electrons. The number of benzene rings is 2. The van der Waals surface area contributed by atoms with Crippen molar-refractivity contribution in [2.75, 3.05) is 17.7 Å². The molecule has 0 aliphatic rings. The number of nitrogens with one attached hydrogen (secondary N) is 2. The van der Waals surface area contributed by atoms with Crippen LogP contribution in [0.1, 0.15) is 38.8 Å². The Bertz CT molecular complexity index is 1030. The summed E-state index contributed by atoms with van der Waals surface area (Å²) in [4.78, 5) is 32.6. The zero-order valence-corrected chi connectivity index (χ0v) is 16.5. The molecule has 0 aliphatic heterocycles. The first-order valence-electron chi connectivity index (χ1n) is 9.19. The molecule has 7 heteroatoms. The van der Waals surface area contributed by atoms with E-state index in [4.69, 9.17) is 0 Å². The highest BCUT2D eigenvalue weighted by atomic mass is 16.5. The Hall–Kier alpha value is -3.74. The first-order valence-corrected chi connectivity index (χ1v) is 9.19. The number of nitrogens with zero attached hydrogens (tertiary/aromatic N) is 2. The molecule has 0 saturated heterocycles. The highest BCUT2D eigenvalue weighted by molar-refractivity contribution is 6.04. The summed E-state index contributed by atoms with van der Waals surface area (Å²) < 4.78 is 4.69. The minimum atomic E-state index is -0.470. The van der Waals surface area contributed by atoms with Gasteiger partial charge in [-0.1, -0.05) is 31.2 Å². The Morgan fingerprint density at radius 3 is 2.45 bits per heavy atom. The number of methoxy groups -OCH3 is 1. The summed E-state index contributed by atoms with van der Waals surface area (Å²) in [5.74, 6) is -0.426. The van der Waals surface area contributed by atoms with Crippen LogP contribution in [-0.4, -0.2) is 29.0 Å². The van der Waals surface area contributed by atoms with Crippen LogP contribution in [0.5, 0.6) is 0 Å². The van der Waals surface area contributed by atoms with Crippen molar-refractivity contribution in [2.45, 2.75) is 20.3 Å². The number of carbonyl (C=O) groups is 2. The number of anilines is 3. The number of rotatable bonds is 6. The molecule has 0 spiro atoms. The van der Waals surface area contributed by atoms with Gasteiger partial charge in [0, 0.05) is 23.8 Å². The molecule has 3 aromatic rings. The molecule has 0 unspecified atom stereocenters. The average Bonchev–Trinajstić information content (AvgIpc) is 2.75. The van der Waals surface area contributed by atoms with Gasteiger partial charge < -0.3 is 15.4 Å². The number of esters is 1. The number of ether oxygens (including phenoxy) is 1. The molecule has 2 N–H and O–H groups in total. The quantitative estimate of drug-likeness (QED) is 0.615. The van der Waals surface area contributed by atoms with Crippen molar-refractivity contribution in [3.8, 4) is 0 Å². The third kappa shape index (κ3) is 4.76. The van der Waals surface area contributed by atoms with Crippen LogP contribution in [0.15, 0.2) is 54.9 Å².